The lowest BCUT2D eigenvalue weighted by Gasteiger charge is -2.08. The van der Waals surface area contributed by atoms with Gasteiger partial charge in [-0.15, -0.1) is 13.2 Å². The number of anilines is 1. The summed E-state index contributed by atoms with van der Waals surface area (Å²) in [6.07, 6.45) is 18.4. The summed E-state index contributed by atoms with van der Waals surface area (Å²) in [6.45, 7) is 8.06. The van der Waals surface area contributed by atoms with Crippen LogP contribution in [0.1, 0.15) is 64.2 Å². The van der Waals surface area contributed by atoms with Gasteiger partial charge < -0.3 is 19.1 Å². The molecule has 0 radical (unpaired) electrons. The first-order valence-electron chi connectivity index (χ1n) is 12.8. The van der Waals surface area contributed by atoms with Gasteiger partial charge in [-0.2, -0.15) is 0 Å². The van der Waals surface area contributed by atoms with Gasteiger partial charge in [-0.05, 0) is 75.6 Å². The van der Waals surface area contributed by atoms with Crippen molar-refractivity contribution in [3.63, 3.8) is 0 Å². The second kappa shape index (κ2) is 16.6. The number of nitrogens with zero attached hydrogens (tertiary/aromatic N) is 1. The van der Waals surface area contributed by atoms with E-state index >= 15 is 0 Å². The number of rotatable bonds is 19. The van der Waals surface area contributed by atoms with Crippen molar-refractivity contribution in [1.29, 1.82) is 0 Å². The van der Waals surface area contributed by atoms with Gasteiger partial charge in [0.15, 0.2) is 12.1 Å². The van der Waals surface area contributed by atoms with E-state index in [-0.39, 0.29) is 0 Å². The lowest BCUT2D eigenvalue weighted by Crippen LogP contribution is -2.21. The molecule has 1 aliphatic rings. The fourth-order valence-corrected chi connectivity index (χ4v) is 3.88. The van der Waals surface area contributed by atoms with Crippen molar-refractivity contribution in [2.24, 2.45) is 0 Å². The van der Waals surface area contributed by atoms with Crippen LogP contribution >= 0.6 is 0 Å². The molecule has 0 spiro atoms. The number of benzene rings is 1. The van der Waals surface area contributed by atoms with Crippen molar-refractivity contribution in [1.82, 2.24) is 0 Å². The molecule has 1 aromatic rings. The fraction of sp³-hybridized carbons (Fsp3) is 0.517. The Morgan fingerprint density at radius 3 is 1.80 bits per heavy atom. The third-order valence-electron chi connectivity index (χ3n) is 5.91. The predicted octanol–water partition coefficient (Wildman–Crippen LogP) is 6.17. The van der Waals surface area contributed by atoms with E-state index in [1.165, 1.54) is 25.7 Å². The standard InChI is InChI=1S/C29H41NO5/c1-4-6-8-9-10-11-12-13-14-15-17-23-35-29(32)27-26(28(31)34-22-16-7-5-2)30(27)24-18-20-25(33-3)21-19-24/h4-5,13-14,18-21,26-27H,1-2,6-12,15-17,22-23H2,3H3/b14-13+/t26-,27+,30?/m1/s1. The second-order valence-corrected chi connectivity index (χ2v) is 8.65. The average Bonchev–Trinajstić information content (AvgIpc) is 3.63. The zero-order chi connectivity index (χ0) is 25.3. The Balaban J connectivity index is 1.76. The van der Waals surface area contributed by atoms with E-state index in [0.717, 1.165) is 37.8 Å². The van der Waals surface area contributed by atoms with E-state index in [4.69, 9.17) is 14.2 Å². The number of unbranched alkanes of at least 4 members (excludes halogenated alkanes) is 7. The molecular formula is C29H41NO5. The molecule has 0 aliphatic carbocycles. The molecule has 2 rings (SSSR count). The molecule has 1 heterocycles. The van der Waals surface area contributed by atoms with Crippen LogP contribution in [0.2, 0.25) is 0 Å². The Morgan fingerprint density at radius 2 is 1.26 bits per heavy atom. The van der Waals surface area contributed by atoms with Gasteiger partial charge in [0.25, 0.3) is 0 Å². The number of esters is 2. The lowest BCUT2D eigenvalue weighted by molar-refractivity contribution is -0.147. The molecule has 6 heteroatoms. The minimum Gasteiger partial charge on any atom is -0.497 e. The van der Waals surface area contributed by atoms with E-state index in [1.807, 2.05) is 18.2 Å². The first-order valence-corrected chi connectivity index (χ1v) is 12.8. The molecule has 0 saturated carbocycles. The Hall–Kier alpha value is -3.02. The molecule has 0 N–H and O–H groups in total. The number of carbonyl (C=O) groups is 2. The van der Waals surface area contributed by atoms with Crippen LogP contribution in [0, 0.1) is 0 Å². The molecular weight excluding hydrogens is 442 g/mol. The van der Waals surface area contributed by atoms with Gasteiger partial charge >= 0.3 is 11.9 Å². The summed E-state index contributed by atoms with van der Waals surface area (Å²) in [7, 11) is 1.59. The summed E-state index contributed by atoms with van der Waals surface area (Å²) in [5.41, 5.74) is 0.758. The second-order valence-electron chi connectivity index (χ2n) is 8.65. The third kappa shape index (κ3) is 10.0. The lowest BCUT2D eigenvalue weighted by atomic mass is 10.1. The number of ether oxygens (including phenoxy) is 3. The maximum absolute atomic E-state index is 12.8. The highest BCUT2D eigenvalue weighted by Gasteiger charge is 2.59. The van der Waals surface area contributed by atoms with Crippen molar-refractivity contribution in [2.45, 2.75) is 76.3 Å². The Morgan fingerprint density at radius 1 is 0.771 bits per heavy atom. The van der Waals surface area contributed by atoms with Gasteiger partial charge in [0.2, 0.25) is 0 Å². The minimum atomic E-state index is -0.661. The fourth-order valence-electron chi connectivity index (χ4n) is 3.88. The highest BCUT2D eigenvalue weighted by atomic mass is 16.5. The van der Waals surface area contributed by atoms with E-state index in [0.29, 0.717) is 25.4 Å². The smallest absolute Gasteiger partial charge is 0.331 e. The molecule has 6 nitrogen and oxygen atoms in total. The SMILES string of the molecule is C=CCCCCCC/C=C/CCCOC(=O)[C@@H]1[C@H](C(=O)OCCCC=C)N1c1ccc(OC)cc1. The molecule has 1 aromatic carbocycles. The van der Waals surface area contributed by atoms with Crippen molar-refractivity contribution in [3.05, 3.63) is 61.7 Å². The number of hydrogen-bond donors (Lipinski definition) is 0. The first-order chi connectivity index (χ1) is 17.1. The van der Waals surface area contributed by atoms with E-state index in [2.05, 4.69) is 25.3 Å². The Kier molecular flexibility index (Phi) is 13.4. The molecule has 35 heavy (non-hydrogen) atoms. The molecule has 2 atom stereocenters. The number of allylic oxidation sites excluding steroid dienone is 4. The molecule has 0 unspecified atom stereocenters. The maximum atomic E-state index is 12.8. The van der Waals surface area contributed by atoms with E-state index < -0.39 is 24.0 Å². The topological polar surface area (TPSA) is 64.8 Å². The average molecular weight is 484 g/mol. The monoisotopic (exact) mass is 483 g/mol. The summed E-state index contributed by atoms with van der Waals surface area (Å²) in [4.78, 5) is 27.1. The van der Waals surface area contributed by atoms with Crippen LogP contribution in [-0.2, 0) is 19.1 Å². The molecule has 1 saturated heterocycles. The number of hydrogen-bond acceptors (Lipinski definition) is 6. The summed E-state index contributed by atoms with van der Waals surface area (Å²) in [5.74, 6) is -0.0874. The molecule has 0 amide bonds. The van der Waals surface area contributed by atoms with Gasteiger partial charge in [-0.1, -0.05) is 37.1 Å². The van der Waals surface area contributed by atoms with Gasteiger partial charge in [0, 0.05) is 5.69 Å². The predicted molar refractivity (Wildman–Crippen MR) is 141 cm³/mol. The molecule has 0 bridgehead atoms. The minimum absolute atomic E-state index is 0.306. The highest BCUT2D eigenvalue weighted by Crippen LogP contribution is 2.37. The van der Waals surface area contributed by atoms with E-state index in [9.17, 15) is 9.59 Å². The largest absolute Gasteiger partial charge is 0.497 e. The van der Waals surface area contributed by atoms with Crippen LogP contribution in [0.25, 0.3) is 0 Å². The summed E-state index contributed by atoms with van der Waals surface area (Å²) >= 11 is 0. The normalized spacial score (nSPS) is 16.7. The number of methoxy groups -OCH3 is 1. The summed E-state index contributed by atoms with van der Waals surface area (Å²) < 4.78 is 16.1. The zero-order valence-electron chi connectivity index (χ0n) is 21.2. The van der Waals surface area contributed by atoms with Crippen molar-refractivity contribution >= 4 is 17.6 Å². The van der Waals surface area contributed by atoms with E-state index in [1.54, 1.807) is 30.2 Å². The van der Waals surface area contributed by atoms with Gasteiger partial charge in [-0.3, -0.25) is 0 Å². The van der Waals surface area contributed by atoms with Crippen LogP contribution in [-0.4, -0.2) is 44.3 Å². The summed E-state index contributed by atoms with van der Waals surface area (Å²) in [5, 5.41) is 0. The summed E-state index contributed by atoms with van der Waals surface area (Å²) in [6, 6.07) is 5.94. The number of carbonyl (C=O) groups excluding carboxylic acids is 2. The highest BCUT2D eigenvalue weighted by molar-refractivity contribution is 6.01. The van der Waals surface area contributed by atoms with Crippen LogP contribution in [0.4, 0.5) is 5.69 Å². The molecule has 0 aromatic heterocycles. The molecule has 192 valence electrons. The van der Waals surface area contributed by atoms with Crippen LogP contribution in [0.15, 0.2) is 61.7 Å². The van der Waals surface area contributed by atoms with Gasteiger partial charge in [0.1, 0.15) is 5.75 Å². The molecule has 1 aliphatic heterocycles. The van der Waals surface area contributed by atoms with Crippen molar-refractivity contribution in [3.8, 4) is 5.75 Å². The van der Waals surface area contributed by atoms with Gasteiger partial charge in [-0.25, -0.2) is 9.59 Å². The molecule has 1 fully saturated rings. The van der Waals surface area contributed by atoms with Crippen molar-refractivity contribution in [2.75, 3.05) is 25.2 Å². The quantitative estimate of drug-likeness (QED) is 0.101. The van der Waals surface area contributed by atoms with Crippen LogP contribution in [0.3, 0.4) is 0 Å². The maximum Gasteiger partial charge on any atom is 0.331 e. The third-order valence-corrected chi connectivity index (χ3v) is 5.91. The first kappa shape index (κ1) is 28.2. The zero-order valence-corrected chi connectivity index (χ0v) is 21.2. The van der Waals surface area contributed by atoms with Gasteiger partial charge in [0.05, 0.1) is 20.3 Å². The Labute approximate surface area is 210 Å². The van der Waals surface area contributed by atoms with Crippen LogP contribution in [0.5, 0.6) is 5.75 Å². The Bertz CT molecular complexity index is 817. The van der Waals surface area contributed by atoms with Crippen molar-refractivity contribution < 1.29 is 23.8 Å². The van der Waals surface area contributed by atoms with Crippen LogP contribution < -0.4 is 9.64 Å².